The van der Waals surface area contributed by atoms with Crippen molar-refractivity contribution in [2.45, 2.75) is 26.3 Å². The van der Waals surface area contributed by atoms with E-state index in [1.54, 1.807) is 0 Å². The second-order valence-corrected chi connectivity index (χ2v) is 4.68. The van der Waals surface area contributed by atoms with Crippen LogP contribution in [0.4, 0.5) is 5.69 Å². The van der Waals surface area contributed by atoms with Crippen LogP contribution in [0.5, 0.6) is 0 Å². The molecule has 1 heterocycles. The number of aryl methyl sites for hydroxylation is 1. The van der Waals surface area contributed by atoms with Crippen LogP contribution in [-0.4, -0.2) is 25.7 Å². The minimum Gasteiger partial charge on any atom is -0.368 e. The summed E-state index contributed by atoms with van der Waals surface area (Å²) in [6.45, 7) is 7.23. The van der Waals surface area contributed by atoms with Crippen LogP contribution < -0.4 is 10.2 Å². The van der Waals surface area contributed by atoms with E-state index in [4.69, 9.17) is 5.26 Å². The zero-order valence-corrected chi connectivity index (χ0v) is 10.5. The molecule has 1 aliphatic rings. The molecule has 0 saturated carbocycles. The molecule has 1 fully saturated rings. The predicted molar refractivity (Wildman–Crippen MR) is 70.1 cm³/mol. The van der Waals surface area contributed by atoms with Gasteiger partial charge in [-0.1, -0.05) is 12.1 Å². The first-order chi connectivity index (χ1) is 8.22. The summed E-state index contributed by atoms with van der Waals surface area (Å²) >= 11 is 0. The fraction of sp³-hybridized carbons (Fsp3) is 0.500. The lowest BCUT2D eigenvalue weighted by molar-refractivity contribution is 0.462. The summed E-state index contributed by atoms with van der Waals surface area (Å²) in [6.07, 6.45) is 0.585. The second-order valence-electron chi connectivity index (χ2n) is 4.68. The molecule has 0 spiro atoms. The third-order valence-corrected chi connectivity index (χ3v) is 3.51. The van der Waals surface area contributed by atoms with E-state index in [0.717, 1.165) is 19.6 Å². The Labute approximate surface area is 103 Å². The van der Waals surface area contributed by atoms with Gasteiger partial charge in [0, 0.05) is 31.4 Å². The SMILES string of the molecule is Cc1cccc(N2CCNC(CC#N)C2)c1C. The van der Waals surface area contributed by atoms with Gasteiger partial charge >= 0.3 is 0 Å². The Morgan fingerprint density at radius 1 is 1.47 bits per heavy atom. The Morgan fingerprint density at radius 2 is 2.29 bits per heavy atom. The van der Waals surface area contributed by atoms with Gasteiger partial charge in [-0.05, 0) is 31.0 Å². The number of hydrogen-bond acceptors (Lipinski definition) is 3. The smallest absolute Gasteiger partial charge is 0.0638 e. The van der Waals surface area contributed by atoms with Crippen molar-refractivity contribution in [1.29, 1.82) is 5.26 Å². The van der Waals surface area contributed by atoms with Gasteiger partial charge in [-0.25, -0.2) is 0 Å². The highest BCUT2D eigenvalue weighted by Gasteiger charge is 2.20. The first kappa shape index (κ1) is 11.9. The number of nitrogens with one attached hydrogen (secondary N) is 1. The van der Waals surface area contributed by atoms with Crippen LogP contribution in [0.15, 0.2) is 18.2 Å². The van der Waals surface area contributed by atoms with E-state index in [2.05, 4.69) is 48.3 Å². The Hall–Kier alpha value is -1.53. The Morgan fingerprint density at radius 3 is 3.06 bits per heavy atom. The van der Waals surface area contributed by atoms with Crippen LogP contribution in [-0.2, 0) is 0 Å². The molecule has 0 aliphatic carbocycles. The number of nitrogens with zero attached hydrogens (tertiary/aromatic N) is 2. The van der Waals surface area contributed by atoms with Crippen molar-refractivity contribution in [3.63, 3.8) is 0 Å². The minimum atomic E-state index is 0.300. The van der Waals surface area contributed by atoms with Crippen molar-refractivity contribution in [1.82, 2.24) is 5.32 Å². The summed E-state index contributed by atoms with van der Waals surface area (Å²) in [5.74, 6) is 0. The highest BCUT2D eigenvalue weighted by atomic mass is 15.2. The maximum Gasteiger partial charge on any atom is 0.0638 e. The van der Waals surface area contributed by atoms with Crippen LogP contribution in [0, 0.1) is 25.2 Å². The summed E-state index contributed by atoms with van der Waals surface area (Å²) in [6, 6.07) is 8.98. The average molecular weight is 229 g/mol. The molecule has 0 amide bonds. The first-order valence-electron chi connectivity index (χ1n) is 6.14. The van der Waals surface area contributed by atoms with E-state index in [1.807, 2.05) is 0 Å². The zero-order chi connectivity index (χ0) is 12.3. The lowest BCUT2D eigenvalue weighted by atomic mass is 10.1. The van der Waals surface area contributed by atoms with E-state index < -0.39 is 0 Å². The number of benzene rings is 1. The van der Waals surface area contributed by atoms with Crippen molar-refractivity contribution < 1.29 is 0 Å². The fourth-order valence-corrected chi connectivity index (χ4v) is 2.37. The first-order valence-corrected chi connectivity index (χ1v) is 6.14. The molecule has 1 aromatic carbocycles. The van der Waals surface area contributed by atoms with E-state index in [1.165, 1.54) is 16.8 Å². The van der Waals surface area contributed by atoms with Crippen LogP contribution >= 0.6 is 0 Å². The number of piperazine rings is 1. The molecule has 90 valence electrons. The van der Waals surface area contributed by atoms with Crippen LogP contribution in [0.2, 0.25) is 0 Å². The molecule has 0 radical (unpaired) electrons. The Bertz CT molecular complexity index is 434. The Kier molecular flexibility index (Phi) is 3.65. The van der Waals surface area contributed by atoms with Gasteiger partial charge in [0.1, 0.15) is 0 Å². The lowest BCUT2D eigenvalue weighted by Gasteiger charge is -2.35. The third kappa shape index (κ3) is 2.59. The molecule has 1 unspecified atom stereocenters. The molecular formula is C14H19N3. The Balaban J connectivity index is 2.17. The quantitative estimate of drug-likeness (QED) is 0.843. The molecule has 1 aromatic rings. The van der Waals surface area contributed by atoms with E-state index in [0.29, 0.717) is 12.5 Å². The highest BCUT2D eigenvalue weighted by Crippen LogP contribution is 2.23. The van der Waals surface area contributed by atoms with Gasteiger partial charge in [-0.3, -0.25) is 0 Å². The van der Waals surface area contributed by atoms with Crippen molar-refractivity contribution >= 4 is 5.69 Å². The zero-order valence-electron chi connectivity index (χ0n) is 10.5. The molecule has 1 N–H and O–H groups in total. The van der Waals surface area contributed by atoms with Gasteiger partial charge in [-0.15, -0.1) is 0 Å². The minimum absolute atomic E-state index is 0.300. The fourth-order valence-electron chi connectivity index (χ4n) is 2.37. The molecule has 1 aliphatic heterocycles. The maximum absolute atomic E-state index is 8.77. The van der Waals surface area contributed by atoms with E-state index in [-0.39, 0.29) is 0 Å². The van der Waals surface area contributed by atoms with Crippen molar-refractivity contribution in [2.24, 2.45) is 0 Å². The summed E-state index contributed by atoms with van der Waals surface area (Å²) in [5, 5.41) is 12.2. The molecule has 2 rings (SSSR count). The number of nitriles is 1. The lowest BCUT2D eigenvalue weighted by Crippen LogP contribution is -2.50. The van der Waals surface area contributed by atoms with Crippen molar-refractivity contribution in [2.75, 3.05) is 24.5 Å². The molecule has 3 nitrogen and oxygen atoms in total. The highest BCUT2D eigenvalue weighted by molar-refractivity contribution is 5.56. The standard InChI is InChI=1S/C14H19N3/c1-11-4-3-5-14(12(11)2)17-9-8-16-13(10-17)6-7-15/h3-5,13,16H,6,8-10H2,1-2H3. The van der Waals surface area contributed by atoms with Crippen LogP contribution in [0.3, 0.4) is 0 Å². The molecule has 1 atom stereocenters. The molecular weight excluding hydrogens is 210 g/mol. The van der Waals surface area contributed by atoms with Gasteiger partial charge < -0.3 is 10.2 Å². The summed E-state index contributed by atoms with van der Waals surface area (Å²) < 4.78 is 0. The van der Waals surface area contributed by atoms with Crippen LogP contribution in [0.25, 0.3) is 0 Å². The maximum atomic E-state index is 8.77. The van der Waals surface area contributed by atoms with Gasteiger partial charge in [0.2, 0.25) is 0 Å². The number of anilines is 1. The van der Waals surface area contributed by atoms with Crippen molar-refractivity contribution in [3.05, 3.63) is 29.3 Å². The third-order valence-electron chi connectivity index (χ3n) is 3.51. The van der Waals surface area contributed by atoms with Gasteiger partial charge in [0.05, 0.1) is 12.5 Å². The van der Waals surface area contributed by atoms with Gasteiger partial charge in [-0.2, -0.15) is 5.26 Å². The monoisotopic (exact) mass is 229 g/mol. The molecule has 17 heavy (non-hydrogen) atoms. The molecule has 3 heteroatoms. The van der Waals surface area contributed by atoms with Gasteiger partial charge in [0.15, 0.2) is 0 Å². The molecule has 0 aromatic heterocycles. The van der Waals surface area contributed by atoms with E-state index >= 15 is 0 Å². The number of rotatable bonds is 2. The van der Waals surface area contributed by atoms with Crippen LogP contribution in [0.1, 0.15) is 17.5 Å². The second kappa shape index (κ2) is 5.20. The van der Waals surface area contributed by atoms with Gasteiger partial charge in [0.25, 0.3) is 0 Å². The summed E-state index contributed by atoms with van der Waals surface area (Å²) in [4.78, 5) is 2.39. The summed E-state index contributed by atoms with van der Waals surface area (Å²) in [5.41, 5.74) is 4.00. The largest absolute Gasteiger partial charge is 0.368 e. The van der Waals surface area contributed by atoms with E-state index in [9.17, 15) is 0 Å². The topological polar surface area (TPSA) is 39.1 Å². The number of hydrogen-bond donors (Lipinski definition) is 1. The molecule has 0 bridgehead atoms. The molecule has 1 saturated heterocycles. The normalized spacial score (nSPS) is 20.1. The average Bonchev–Trinajstić information content (AvgIpc) is 2.33. The predicted octanol–water partition coefficient (Wildman–Crippen LogP) is 2.00. The summed E-state index contributed by atoms with van der Waals surface area (Å²) in [7, 11) is 0. The van der Waals surface area contributed by atoms with Crippen molar-refractivity contribution in [3.8, 4) is 6.07 Å².